The van der Waals surface area contributed by atoms with Crippen LogP contribution < -0.4 is 10.1 Å². The van der Waals surface area contributed by atoms with E-state index in [2.05, 4.69) is 15.4 Å². The largest absolute Gasteiger partial charge is 0.493 e. The van der Waals surface area contributed by atoms with Gasteiger partial charge in [-0.15, -0.1) is 0 Å². The molecule has 0 aliphatic heterocycles. The van der Waals surface area contributed by atoms with Gasteiger partial charge in [-0.05, 0) is 36.8 Å². The van der Waals surface area contributed by atoms with Gasteiger partial charge in [0.15, 0.2) is 11.4 Å². The van der Waals surface area contributed by atoms with E-state index in [0.29, 0.717) is 19.5 Å². The second-order valence-electron chi connectivity index (χ2n) is 7.07. The van der Waals surface area contributed by atoms with E-state index >= 15 is 0 Å². The van der Waals surface area contributed by atoms with Crippen molar-refractivity contribution < 1.29 is 22.7 Å². The maximum atomic E-state index is 13.0. The summed E-state index contributed by atoms with van der Waals surface area (Å²) in [5.74, 6) is -0.302. The lowest BCUT2D eigenvalue weighted by molar-refractivity contribution is -0.137. The van der Waals surface area contributed by atoms with Crippen molar-refractivity contribution in [1.29, 1.82) is 0 Å². The van der Waals surface area contributed by atoms with E-state index in [1.165, 1.54) is 30.1 Å². The fraction of sp³-hybridized carbons (Fsp3) is 0.227. The highest BCUT2D eigenvalue weighted by atomic mass is 19.4. The van der Waals surface area contributed by atoms with E-state index in [-0.39, 0.29) is 17.1 Å². The highest BCUT2D eigenvalue weighted by molar-refractivity contribution is 5.94. The standard InChI is InChI=1S/C22H20F3N5O2/c1-32-19-13-30(16-7-4-6-15(12-16)22(23,24)25)28-20(19)21(31)26-10-5-11-29-14-27-17-8-2-3-9-18(17)29/h2-4,6-9,12-14H,5,10-11H2,1H3,(H,26,31). The molecule has 2 aromatic carbocycles. The summed E-state index contributed by atoms with van der Waals surface area (Å²) in [6.07, 6.45) is -0.689. The Labute approximate surface area is 181 Å². The molecule has 0 saturated carbocycles. The van der Waals surface area contributed by atoms with Gasteiger partial charge in [0.2, 0.25) is 0 Å². The highest BCUT2D eigenvalue weighted by Gasteiger charge is 2.30. The molecule has 2 heterocycles. The van der Waals surface area contributed by atoms with Gasteiger partial charge in [-0.25, -0.2) is 9.67 Å². The molecule has 0 bridgehead atoms. The molecule has 0 aliphatic carbocycles. The van der Waals surface area contributed by atoms with E-state index in [1.54, 1.807) is 6.33 Å². The minimum atomic E-state index is -4.48. The fourth-order valence-electron chi connectivity index (χ4n) is 3.35. The van der Waals surface area contributed by atoms with Gasteiger partial charge in [-0.2, -0.15) is 18.3 Å². The molecule has 1 amide bonds. The van der Waals surface area contributed by atoms with Crippen LogP contribution >= 0.6 is 0 Å². The summed E-state index contributed by atoms with van der Waals surface area (Å²) in [5, 5.41) is 6.92. The third kappa shape index (κ3) is 4.43. The van der Waals surface area contributed by atoms with Gasteiger partial charge in [-0.3, -0.25) is 4.79 Å². The van der Waals surface area contributed by atoms with E-state index in [0.717, 1.165) is 23.2 Å². The monoisotopic (exact) mass is 443 g/mol. The van der Waals surface area contributed by atoms with Crippen LogP contribution in [-0.4, -0.2) is 38.9 Å². The summed E-state index contributed by atoms with van der Waals surface area (Å²) in [5.41, 5.74) is 1.28. The van der Waals surface area contributed by atoms with Crippen molar-refractivity contribution >= 4 is 16.9 Å². The molecule has 10 heteroatoms. The van der Waals surface area contributed by atoms with E-state index in [1.807, 2.05) is 28.8 Å². The number of hydrogen-bond donors (Lipinski definition) is 1. The van der Waals surface area contributed by atoms with Crippen LogP contribution in [0.1, 0.15) is 22.5 Å². The third-order valence-electron chi connectivity index (χ3n) is 4.94. The second kappa shape index (κ2) is 8.74. The van der Waals surface area contributed by atoms with Gasteiger partial charge in [0.05, 0.1) is 41.9 Å². The molecule has 0 aliphatic rings. The van der Waals surface area contributed by atoms with E-state index in [4.69, 9.17) is 4.74 Å². The smallest absolute Gasteiger partial charge is 0.416 e. The van der Waals surface area contributed by atoms with Crippen LogP contribution in [0.25, 0.3) is 16.7 Å². The molecule has 0 atom stereocenters. The first-order valence-corrected chi connectivity index (χ1v) is 9.86. The molecule has 0 fully saturated rings. The summed E-state index contributed by atoms with van der Waals surface area (Å²) < 4.78 is 47.4. The van der Waals surface area contributed by atoms with Gasteiger partial charge in [-0.1, -0.05) is 18.2 Å². The van der Waals surface area contributed by atoms with Gasteiger partial charge >= 0.3 is 6.18 Å². The first-order chi connectivity index (χ1) is 15.4. The molecule has 32 heavy (non-hydrogen) atoms. The molecule has 4 rings (SSSR count). The number of nitrogens with one attached hydrogen (secondary N) is 1. The molecule has 7 nitrogen and oxygen atoms in total. The Kier molecular flexibility index (Phi) is 5.85. The lowest BCUT2D eigenvalue weighted by Crippen LogP contribution is -2.26. The van der Waals surface area contributed by atoms with Crippen molar-refractivity contribution in [2.45, 2.75) is 19.1 Å². The van der Waals surface area contributed by atoms with Crippen molar-refractivity contribution in [3.05, 3.63) is 72.3 Å². The Bertz CT molecular complexity index is 1250. The Morgan fingerprint density at radius 3 is 2.75 bits per heavy atom. The first-order valence-electron chi connectivity index (χ1n) is 9.86. The van der Waals surface area contributed by atoms with Crippen molar-refractivity contribution in [3.63, 3.8) is 0 Å². The van der Waals surface area contributed by atoms with Crippen molar-refractivity contribution in [2.75, 3.05) is 13.7 Å². The Morgan fingerprint density at radius 2 is 1.97 bits per heavy atom. The van der Waals surface area contributed by atoms with Crippen LogP contribution in [-0.2, 0) is 12.7 Å². The molecular formula is C22H20F3N5O2. The number of aryl methyl sites for hydroxylation is 1. The summed E-state index contributed by atoms with van der Waals surface area (Å²) >= 11 is 0. The highest BCUT2D eigenvalue weighted by Crippen LogP contribution is 2.30. The summed E-state index contributed by atoms with van der Waals surface area (Å²) in [4.78, 5) is 16.9. The van der Waals surface area contributed by atoms with Gasteiger partial charge < -0.3 is 14.6 Å². The van der Waals surface area contributed by atoms with Gasteiger partial charge in [0.25, 0.3) is 5.91 Å². The number of carbonyl (C=O) groups excluding carboxylic acids is 1. The second-order valence-corrected chi connectivity index (χ2v) is 7.07. The summed E-state index contributed by atoms with van der Waals surface area (Å²) in [6.45, 7) is 1.04. The average Bonchev–Trinajstić information content (AvgIpc) is 3.41. The predicted molar refractivity (Wildman–Crippen MR) is 112 cm³/mol. The Balaban J connectivity index is 1.42. The van der Waals surface area contributed by atoms with Crippen molar-refractivity contribution in [1.82, 2.24) is 24.6 Å². The number of halogens is 3. The number of benzene rings is 2. The minimum Gasteiger partial charge on any atom is -0.493 e. The number of imidazole rings is 1. The minimum absolute atomic E-state index is 0.00186. The number of para-hydroxylation sites is 2. The zero-order valence-corrected chi connectivity index (χ0v) is 17.1. The quantitative estimate of drug-likeness (QED) is 0.437. The lowest BCUT2D eigenvalue weighted by atomic mass is 10.2. The SMILES string of the molecule is COc1cn(-c2cccc(C(F)(F)F)c2)nc1C(=O)NCCCn1cnc2ccccc21. The normalized spacial score (nSPS) is 11.6. The van der Waals surface area contributed by atoms with Crippen molar-refractivity contribution in [2.24, 2.45) is 0 Å². The maximum absolute atomic E-state index is 13.0. The van der Waals surface area contributed by atoms with Gasteiger partial charge in [0.1, 0.15) is 0 Å². The number of nitrogens with zero attached hydrogens (tertiary/aromatic N) is 4. The molecule has 0 spiro atoms. The van der Waals surface area contributed by atoms with Crippen LogP contribution in [0.15, 0.2) is 61.1 Å². The number of carbonyl (C=O) groups is 1. The zero-order valence-electron chi connectivity index (χ0n) is 17.1. The molecule has 166 valence electrons. The number of methoxy groups -OCH3 is 1. The number of rotatable bonds is 7. The Morgan fingerprint density at radius 1 is 1.16 bits per heavy atom. The fourth-order valence-corrected chi connectivity index (χ4v) is 3.35. The molecule has 2 aromatic heterocycles. The number of hydrogen-bond acceptors (Lipinski definition) is 4. The van der Waals surface area contributed by atoms with E-state index < -0.39 is 17.6 Å². The van der Waals surface area contributed by atoms with Crippen LogP contribution in [0, 0.1) is 0 Å². The molecular weight excluding hydrogens is 423 g/mol. The van der Waals surface area contributed by atoms with Crippen LogP contribution in [0.5, 0.6) is 5.75 Å². The number of aromatic nitrogens is 4. The molecule has 0 radical (unpaired) electrons. The number of ether oxygens (including phenoxy) is 1. The van der Waals surface area contributed by atoms with Crippen LogP contribution in [0.3, 0.4) is 0 Å². The molecule has 4 aromatic rings. The average molecular weight is 443 g/mol. The Hall–Kier alpha value is -3.82. The van der Waals surface area contributed by atoms with Gasteiger partial charge in [0, 0.05) is 13.1 Å². The van der Waals surface area contributed by atoms with Crippen LogP contribution in [0.4, 0.5) is 13.2 Å². The van der Waals surface area contributed by atoms with Crippen LogP contribution in [0.2, 0.25) is 0 Å². The molecule has 0 unspecified atom stereocenters. The predicted octanol–water partition coefficient (Wildman–Crippen LogP) is 4.07. The van der Waals surface area contributed by atoms with Crippen molar-refractivity contribution in [3.8, 4) is 11.4 Å². The first kappa shape index (κ1) is 21.4. The summed E-state index contributed by atoms with van der Waals surface area (Å²) in [6, 6.07) is 12.5. The summed E-state index contributed by atoms with van der Waals surface area (Å²) in [7, 11) is 1.37. The topological polar surface area (TPSA) is 74.0 Å². The van der Waals surface area contributed by atoms with E-state index in [9.17, 15) is 18.0 Å². The lowest BCUT2D eigenvalue weighted by Gasteiger charge is -2.08. The third-order valence-corrected chi connectivity index (χ3v) is 4.94. The number of fused-ring (bicyclic) bond motifs is 1. The number of alkyl halides is 3. The molecule has 1 N–H and O–H groups in total. The zero-order chi connectivity index (χ0) is 22.7. The molecule has 0 saturated heterocycles. The maximum Gasteiger partial charge on any atom is 0.416 e. The number of amides is 1.